The summed E-state index contributed by atoms with van der Waals surface area (Å²) in [5.74, 6) is 0.911. The molecule has 0 fully saturated rings. The largest absolute Gasteiger partial charge is 0.272 e. The maximum Gasteiger partial charge on any atom is 0.250 e. The highest BCUT2D eigenvalue weighted by atomic mass is 35.5. The van der Waals surface area contributed by atoms with Gasteiger partial charge in [0, 0.05) is 11.3 Å². The second kappa shape index (κ2) is 9.08. The number of carbonyl (C=O) groups excluding carboxylic acids is 1. The minimum atomic E-state index is -0.171. The zero-order valence-electron chi connectivity index (χ0n) is 13.8. The van der Waals surface area contributed by atoms with E-state index in [0.717, 1.165) is 5.75 Å². The summed E-state index contributed by atoms with van der Waals surface area (Å²) in [6.45, 7) is 0. The van der Waals surface area contributed by atoms with Gasteiger partial charge in [-0.2, -0.15) is 5.10 Å². The molecular formula is C20H16Cl2N2OS. The van der Waals surface area contributed by atoms with Crippen LogP contribution in [0.4, 0.5) is 0 Å². The Bertz CT molecular complexity index is 939. The van der Waals surface area contributed by atoms with Gasteiger partial charge < -0.3 is 0 Å². The molecular weight excluding hydrogens is 387 g/mol. The molecule has 0 aliphatic carbocycles. The van der Waals surface area contributed by atoms with Crippen LogP contribution in [0, 0.1) is 0 Å². The lowest BCUT2D eigenvalue weighted by Gasteiger charge is -2.04. The zero-order chi connectivity index (χ0) is 18.4. The Balaban J connectivity index is 1.48. The van der Waals surface area contributed by atoms with Gasteiger partial charge in [-0.15, -0.1) is 11.8 Å². The lowest BCUT2D eigenvalue weighted by molar-refractivity contribution is -0.118. The summed E-state index contributed by atoms with van der Waals surface area (Å²) in [4.78, 5) is 11.9. The predicted molar refractivity (Wildman–Crippen MR) is 112 cm³/mol. The highest BCUT2D eigenvalue weighted by Crippen LogP contribution is 2.22. The molecule has 3 aromatic carbocycles. The number of hydrogen-bond acceptors (Lipinski definition) is 3. The van der Waals surface area contributed by atoms with Crippen LogP contribution in [0.25, 0.3) is 10.8 Å². The fraction of sp³-hybridized carbons (Fsp3) is 0.100. The summed E-state index contributed by atoms with van der Waals surface area (Å²) in [5.41, 5.74) is 4.26. The molecule has 0 atom stereocenters. The van der Waals surface area contributed by atoms with Gasteiger partial charge in [-0.1, -0.05) is 71.7 Å². The first-order valence-corrected chi connectivity index (χ1v) is 9.86. The van der Waals surface area contributed by atoms with Crippen molar-refractivity contribution in [1.29, 1.82) is 0 Å². The van der Waals surface area contributed by atoms with Crippen molar-refractivity contribution in [2.75, 3.05) is 5.75 Å². The maximum absolute atomic E-state index is 11.9. The van der Waals surface area contributed by atoms with Crippen LogP contribution in [0.1, 0.15) is 11.1 Å². The molecule has 1 amide bonds. The molecule has 6 heteroatoms. The number of carbonyl (C=O) groups is 1. The van der Waals surface area contributed by atoms with Crippen LogP contribution in [0.3, 0.4) is 0 Å². The molecule has 0 aromatic heterocycles. The highest BCUT2D eigenvalue weighted by molar-refractivity contribution is 7.99. The first kappa shape index (κ1) is 18.8. The average Bonchev–Trinajstić information content (AvgIpc) is 2.64. The number of hydrogen-bond donors (Lipinski definition) is 1. The third-order valence-corrected chi connectivity index (χ3v) is 5.36. The molecule has 3 rings (SSSR count). The van der Waals surface area contributed by atoms with Gasteiger partial charge in [0.15, 0.2) is 0 Å². The van der Waals surface area contributed by atoms with Crippen molar-refractivity contribution >= 4 is 57.9 Å². The monoisotopic (exact) mass is 402 g/mol. The molecule has 0 spiro atoms. The molecule has 0 heterocycles. The van der Waals surface area contributed by atoms with Crippen molar-refractivity contribution in [1.82, 2.24) is 5.43 Å². The lowest BCUT2D eigenvalue weighted by atomic mass is 10.1. The van der Waals surface area contributed by atoms with Gasteiger partial charge in [-0.3, -0.25) is 4.79 Å². The van der Waals surface area contributed by atoms with Crippen molar-refractivity contribution in [2.24, 2.45) is 5.10 Å². The number of halogens is 2. The SMILES string of the molecule is O=C(CSCc1ccc2ccccc2c1)N/N=C\c1c(Cl)cccc1Cl. The van der Waals surface area contributed by atoms with E-state index in [2.05, 4.69) is 40.9 Å². The van der Waals surface area contributed by atoms with E-state index in [1.165, 1.54) is 34.3 Å². The third kappa shape index (κ3) is 5.01. The quantitative estimate of drug-likeness (QED) is 0.434. The van der Waals surface area contributed by atoms with E-state index in [4.69, 9.17) is 23.2 Å². The number of amides is 1. The number of fused-ring (bicyclic) bond motifs is 1. The van der Waals surface area contributed by atoms with Crippen molar-refractivity contribution in [3.63, 3.8) is 0 Å². The Hall–Kier alpha value is -2.01. The summed E-state index contributed by atoms with van der Waals surface area (Å²) in [7, 11) is 0. The van der Waals surface area contributed by atoms with Gasteiger partial charge in [-0.25, -0.2) is 5.43 Å². The van der Waals surface area contributed by atoms with Crippen LogP contribution < -0.4 is 5.43 Å². The van der Waals surface area contributed by atoms with Gasteiger partial charge in [0.25, 0.3) is 0 Å². The topological polar surface area (TPSA) is 41.5 Å². The van der Waals surface area contributed by atoms with Gasteiger partial charge in [0.2, 0.25) is 5.91 Å². The minimum Gasteiger partial charge on any atom is -0.272 e. The molecule has 0 saturated heterocycles. The van der Waals surface area contributed by atoms with Gasteiger partial charge in [0.05, 0.1) is 22.0 Å². The molecule has 0 aliphatic heterocycles. The lowest BCUT2D eigenvalue weighted by Crippen LogP contribution is -2.19. The summed E-state index contributed by atoms with van der Waals surface area (Å²) in [6.07, 6.45) is 1.45. The molecule has 1 N–H and O–H groups in total. The zero-order valence-corrected chi connectivity index (χ0v) is 16.1. The second-order valence-electron chi connectivity index (χ2n) is 5.60. The van der Waals surface area contributed by atoms with Crippen LogP contribution in [0.5, 0.6) is 0 Å². The van der Waals surface area contributed by atoms with Crippen molar-refractivity contribution in [3.8, 4) is 0 Å². The van der Waals surface area contributed by atoms with E-state index >= 15 is 0 Å². The van der Waals surface area contributed by atoms with Crippen molar-refractivity contribution < 1.29 is 4.79 Å². The molecule has 0 unspecified atom stereocenters. The van der Waals surface area contributed by atoms with E-state index < -0.39 is 0 Å². The number of benzene rings is 3. The van der Waals surface area contributed by atoms with E-state index in [0.29, 0.717) is 21.4 Å². The van der Waals surface area contributed by atoms with Crippen LogP contribution >= 0.6 is 35.0 Å². The Labute approximate surface area is 166 Å². The van der Waals surface area contributed by atoms with E-state index in [-0.39, 0.29) is 5.91 Å². The van der Waals surface area contributed by atoms with Crippen molar-refractivity contribution in [2.45, 2.75) is 5.75 Å². The predicted octanol–water partition coefficient (Wildman–Crippen LogP) is 5.53. The Kier molecular flexibility index (Phi) is 6.56. The molecule has 3 nitrogen and oxygen atoms in total. The van der Waals surface area contributed by atoms with Crippen LogP contribution in [-0.4, -0.2) is 17.9 Å². The van der Waals surface area contributed by atoms with Gasteiger partial charge in [0.1, 0.15) is 0 Å². The smallest absolute Gasteiger partial charge is 0.250 e. The van der Waals surface area contributed by atoms with E-state index in [9.17, 15) is 4.79 Å². The van der Waals surface area contributed by atoms with Crippen molar-refractivity contribution in [3.05, 3.63) is 81.8 Å². The molecule has 0 aliphatic rings. The number of thioether (sulfide) groups is 1. The Morgan fingerprint density at radius 3 is 2.50 bits per heavy atom. The fourth-order valence-electron chi connectivity index (χ4n) is 2.43. The van der Waals surface area contributed by atoms with E-state index in [1.807, 2.05) is 12.1 Å². The molecule has 0 radical (unpaired) electrons. The maximum atomic E-state index is 11.9. The summed E-state index contributed by atoms with van der Waals surface area (Å²) >= 11 is 13.6. The number of nitrogens with one attached hydrogen (secondary N) is 1. The summed E-state index contributed by atoms with van der Waals surface area (Å²) in [5, 5.41) is 7.32. The Morgan fingerprint density at radius 2 is 1.73 bits per heavy atom. The second-order valence-corrected chi connectivity index (χ2v) is 7.40. The normalized spacial score (nSPS) is 11.2. The summed E-state index contributed by atoms with van der Waals surface area (Å²) in [6, 6.07) is 19.8. The average molecular weight is 403 g/mol. The first-order chi connectivity index (χ1) is 12.6. The molecule has 26 heavy (non-hydrogen) atoms. The number of nitrogens with zero attached hydrogens (tertiary/aromatic N) is 1. The molecule has 3 aromatic rings. The minimum absolute atomic E-state index is 0.171. The van der Waals surface area contributed by atoms with Crippen LogP contribution in [-0.2, 0) is 10.5 Å². The fourth-order valence-corrected chi connectivity index (χ4v) is 3.69. The third-order valence-electron chi connectivity index (χ3n) is 3.70. The van der Waals surface area contributed by atoms with Crippen LogP contribution in [0.15, 0.2) is 65.8 Å². The number of rotatable bonds is 6. The Morgan fingerprint density at radius 1 is 1.00 bits per heavy atom. The highest BCUT2D eigenvalue weighted by Gasteiger charge is 2.04. The molecule has 132 valence electrons. The molecule has 0 bridgehead atoms. The van der Waals surface area contributed by atoms with Gasteiger partial charge in [-0.05, 0) is 28.5 Å². The molecule has 0 saturated carbocycles. The summed E-state index contributed by atoms with van der Waals surface area (Å²) < 4.78 is 0. The van der Waals surface area contributed by atoms with Crippen LogP contribution in [0.2, 0.25) is 10.0 Å². The number of hydrazone groups is 1. The van der Waals surface area contributed by atoms with Gasteiger partial charge >= 0.3 is 0 Å². The van der Waals surface area contributed by atoms with E-state index in [1.54, 1.807) is 18.2 Å². The standard InChI is InChI=1S/C20H16Cl2N2OS/c21-18-6-3-7-19(22)17(18)11-23-24-20(25)13-26-12-14-8-9-15-4-1-2-5-16(15)10-14/h1-11H,12-13H2,(H,24,25)/b23-11-. The first-order valence-electron chi connectivity index (χ1n) is 7.95.